The molecule has 7 nitrogen and oxygen atoms in total. The Morgan fingerprint density at radius 3 is 2.79 bits per heavy atom. The highest BCUT2D eigenvalue weighted by atomic mass is 16.5. The van der Waals surface area contributed by atoms with Gasteiger partial charge in [-0.1, -0.05) is 30.3 Å². The van der Waals surface area contributed by atoms with Crippen molar-refractivity contribution < 1.29 is 19.1 Å². The zero-order valence-corrected chi connectivity index (χ0v) is 13.8. The van der Waals surface area contributed by atoms with E-state index in [-0.39, 0.29) is 31.4 Å². The molecule has 0 spiro atoms. The number of nitrogens with zero attached hydrogens (tertiary/aromatic N) is 1. The third-order valence-electron chi connectivity index (χ3n) is 3.76. The quantitative estimate of drug-likeness (QED) is 0.689. The molecule has 1 aromatic rings. The lowest BCUT2D eigenvalue weighted by Gasteiger charge is -2.34. The van der Waals surface area contributed by atoms with Crippen LogP contribution in [0.2, 0.25) is 0 Å². The maximum atomic E-state index is 12.4. The number of amides is 2. The molecule has 130 valence electrons. The molecule has 1 atom stereocenters. The van der Waals surface area contributed by atoms with Crippen molar-refractivity contribution in [3.05, 3.63) is 35.9 Å². The summed E-state index contributed by atoms with van der Waals surface area (Å²) < 4.78 is 4.89. The molecular formula is C17H23N3O4. The fourth-order valence-electron chi connectivity index (χ4n) is 2.61. The van der Waals surface area contributed by atoms with Crippen molar-refractivity contribution in [2.75, 3.05) is 26.2 Å². The second-order valence-electron chi connectivity index (χ2n) is 5.49. The van der Waals surface area contributed by atoms with Crippen LogP contribution >= 0.6 is 0 Å². The van der Waals surface area contributed by atoms with E-state index in [4.69, 9.17) is 4.74 Å². The second kappa shape index (κ2) is 9.02. The predicted octanol–water partition coefficient (Wildman–Crippen LogP) is 0.0564. The maximum absolute atomic E-state index is 12.4. The Hall–Kier alpha value is -2.41. The lowest BCUT2D eigenvalue weighted by Crippen LogP contribution is -2.59. The Kier molecular flexibility index (Phi) is 6.74. The van der Waals surface area contributed by atoms with Crippen LogP contribution in [0.5, 0.6) is 0 Å². The lowest BCUT2D eigenvalue weighted by molar-refractivity contribution is -0.151. The van der Waals surface area contributed by atoms with Crippen molar-refractivity contribution in [2.45, 2.75) is 25.9 Å². The summed E-state index contributed by atoms with van der Waals surface area (Å²) in [4.78, 5) is 37.5. The maximum Gasteiger partial charge on any atom is 0.308 e. The molecule has 7 heteroatoms. The van der Waals surface area contributed by atoms with E-state index in [2.05, 4.69) is 10.6 Å². The summed E-state index contributed by atoms with van der Waals surface area (Å²) in [5.41, 5.74) is 1.07. The smallest absolute Gasteiger partial charge is 0.308 e. The van der Waals surface area contributed by atoms with Gasteiger partial charge in [0.1, 0.15) is 6.04 Å². The van der Waals surface area contributed by atoms with Crippen LogP contribution in [0.1, 0.15) is 18.9 Å². The molecule has 1 heterocycles. The molecule has 0 aromatic heterocycles. The molecule has 1 aromatic carbocycles. The number of nitrogens with one attached hydrogen (secondary N) is 2. The summed E-state index contributed by atoms with van der Waals surface area (Å²) in [5, 5.41) is 5.76. The van der Waals surface area contributed by atoms with E-state index >= 15 is 0 Å². The van der Waals surface area contributed by atoms with Crippen molar-refractivity contribution in [1.82, 2.24) is 15.5 Å². The zero-order chi connectivity index (χ0) is 17.4. The molecule has 0 saturated carbocycles. The normalized spacial score (nSPS) is 17.3. The molecule has 2 N–H and O–H groups in total. The molecule has 0 radical (unpaired) electrons. The summed E-state index contributed by atoms with van der Waals surface area (Å²) in [6.45, 7) is 3.41. The number of benzene rings is 1. The Morgan fingerprint density at radius 2 is 2.08 bits per heavy atom. The Bertz CT molecular complexity index is 576. The molecule has 1 aliphatic rings. The predicted molar refractivity (Wildman–Crippen MR) is 87.9 cm³/mol. The standard InChI is InChI=1S/C17H23N3O4/c1-2-24-16(22)10-14-17(23)19-8-9-20(14)15(21)12-18-11-13-6-4-3-5-7-13/h3-7,14,18H,2,8-12H2,1H3,(H,19,23). The highest BCUT2D eigenvalue weighted by molar-refractivity contribution is 5.92. The lowest BCUT2D eigenvalue weighted by atomic mass is 10.1. The number of ether oxygens (including phenoxy) is 1. The molecular weight excluding hydrogens is 310 g/mol. The van der Waals surface area contributed by atoms with Crippen LogP contribution in [0.15, 0.2) is 30.3 Å². The van der Waals surface area contributed by atoms with Gasteiger partial charge in [0.2, 0.25) is 11.8 Å². The van der Waals surface area contributed by atoms with Crippen LogP contribution in [0, 0.1) is 0 Å². The van der Waals surface area contributed by atoms with E-state index in [0.717, 1.165) is 5.56 Å². The Balaban J connectivity index is 1.89. The summed E-state index contributed by atoms with van der Waals surface area (Å²) in [6, 6.07) is 8.93. The molecule has 0 bridgehead atoms. The van der Waals surface area contributed by atoms with Crippen LogP contribution < -0.4 is 10.6 Å². The minimum atomic E-state index is -0.802. The minimum absolute atomic E-state index is 0.113. The van der Waals surface area contributed by atoms with Gasteiger partial charge in [0.25, 0.3) is 0 Å². The monoisotopic (exact) mass is 333 g/mol. The first-order valence-electron chi connectivity index (χ1n) is 8.09. The van der Waals surface area contributed by atoms with Crippen molar-refractivity contribution >= 4 is 17.8 Å². The highest BCUT2D eigenvalue weighted by Crippen LogP contribution is 2.10. The van der Waals surface area contributed by atoms with Gasteiger partial charge >= 0.3 is 5.97 Å². The SMILES string of the molecule is CCOC(=O)CC1C(=O)NCCN1C(=O)CNCc1ccccc1. The van der Waals surface area contributed by atoms with E-state index in [9.17, 15) is 14.4 Å². The van der Waals surface area contributed by atoms with Gasteiger partial charge in [-0.05, 0) is 12.5 Å². The van der Waals surface area contributed by atoms with Crippen LogP contribution in [-0.2, 0) is 25.7 Å². The molecule has 24 heavy (non-hydrogen) atoms. The number of carbonyl (C=O) groups excluding carboxylic acids is 3. The van der Waals surface area contributed by atoms with Crippen molar-refractivity contribution in [3.8, 4) is 0 Å². The molecule has 1 unspecified atom stereocenters. The van der Waals surface area contributed by atoms with E-state index in [0.29, 0.717) is 19.6 Å². The Morgan fingerprint density at radius 1 is 1.33 bits per heavy atom. The Labute approximate surface area is 141 Å². The van der Waals surface area contributed by atoms with Gasteiger partial charge in [0, 0.05) is 19.6 Å². The third-order valence-corrected chi connectivity index (χ3v) is 3.76. The van der Waals surface area contributed by atoms with E-state index in [1.54, 1.807) is 6.92 Å². The molecule has 1 fully saturated rings. The van der Waals surface area contributed by atoms with Gasteiger partial charge in [0.15, 0.2) is 0 Å². The molecule has 1 aliphatic heterocycles. The average molecular weight is 333 g/mol. The third kappa shape index (κ3) is 5.06. The molecule has 2 rings (SSSR count). The molecule has 2 amide bonds. The van der Waals surface area contributed by atoms with Gasteiger partial charge in [-0.25, -0.2) is 0 Å². The van der Waals surface area contributed by atoms with E-state index < -0.39 is 12.0 Å². The summed E-state index contributed by atoms with van der Waals surface area (Å²) in [6.07, 6.45) is -0.121. The van der Waals surface area contributed by atoms with Crippen LogP contribution in [0.4, 0.5) is 0 Å². The van der Waals surface area contributed by atoms with Crippen LogP contribution in [0.3, 0.4) is 0 Å². The number of esters is 1. The highest BCUT2D eigenvalue weighted by Gasteiger charge is 2.34. The minimum Gasteiger partial charge on any atom is -0.466 e. The fourth-order valence-corrected chi connectivity index (χ4v) is 2.61. The van der Waals surface area contributed by atoms with Crippen molar-refractivity contribution in [2.24, 2.45) is 0 Å². The average Bonchev–Trinajstić information content (AvgIpc) is 2.58. The van der Waals surface area contributed by atoms with Gasteiger partial charge in [-0.3, -0.25) is 14.4 Å². The van der Waals surface area contributed by atoms with Crippen LogP contribution in [-0.4, -0.2) is 55.0 Å². The topological polar surface area (TPSA) is 87.7 Å². The van der Waals surface area contributed by atoms with E-state index in [1.807, 2.05) is 30.3 Å². The number of piperazine rings is 1. The number of hydrogen-bond acceptors (Lipinski definition) is 5. The first kappa shape index (κ1) is 17.9. The second-order valence-corrected chi connectivity index (χ2v) is 5.49. The zero-order valence-electron chi connectivity index (χ0n) is 13.8. The van der Waals surface area contributed by atoms with Crippen LogP contribution in [0.25, 0.3) is 0 Å². The summed E-state index contributed by atoms with van der Waals surface area (Å²) in [5.74, 6) is -0.990. The van der Waals surface area contributed by atoms with Gasteiger partial charge in [-0.2, -0.15) is 0 Å². The van der Waals surface area contributed by atoms with E-state index in [1.165, 1.54) is 4.90 Å². The molecule has 0 aliphatic carbocycles. The number of rotatable bonds is 7. The number of carbonyl (C=O) groups is 3. The first-order valence-corrected chi connectivity index (χ1v) is 8.09. The first-order chi connectivity index (χ1) is 11.6. The summed E-state index contributed by atoms with van der Waals surface area (Å²) >= 11 is 0. The molecule has 1 saturated heterocycles. The largest absolute Gasteiger partial charge is 0.466 e. The van der Waals surface area contributed by atoms with Gasteiger partial charge in [0.05, 0.1) is 19.6 Å². The van der Waals surface area contributed by atoms with Crippen molar-refractivity contribution in [1.29, 1.82) is 0 Å². The number of hydrogen-bond donors (Lipinski definition) is 2. The van der Waals surface area contributed by atoms with Gasteiger partial charge in [-0.15, -0.1) is 0 Å². The summed E-state index contributed by atoms with van der Waals surface area (Å²) in [7, 11) is 0. The van der Waals surface area contributed by atoms with Gasteiger partial charge < -0.3 is 20.3 Å². The fraction of sp³-hybridized carbons (Fsp3) is 0.471. The van der Waals surface area contributed by atoms with Crippen molar-refractivity contribution in [3.63, 3.8) is 0 Å².